The Labute approximate surface area is 142 Å². The van der Waals surface area contributed by atoms with Crippen molar-refractivity contribution in [2.75, 3.05) is 6.54 Å². The Bertz CT molecular complexity index is 522. The van der Waals surface area contributed by atoms with Crippen LogP contribution >= 0.6 is 12.4 Å². The van der Waals surface area contributed by atoms with Crippen molar-refractivity contribution < 1.29 is 9.72 Å². The predicted molar refractivity (Wildman–Crippen MR) is 91.6 cm³/mol. The minimum Gasteiger partial charge on any atom is -0.356 e. The first kappa shape index (κ1) is 19.4. The van der Waals surface area contributed by atoms with Crippen molar-refractivity contribution in [3.05, 3.63) is 39.9 Å². The lowest BCUT2D eigenvalue weighted by Crippen LogP contribution is -2.37. The van der Waals surface area contributed by atoms with Gasteiger partial charge in [-0.15, -0.1) is 12.4 Å². The minimum atomic E-state index is -0.418. The standard InChI is InChI=1S/C16H23N3O3.ClH/c17-15-4-2-1-3-13(15)11-16(20)18-10-9-12-5-7-14(8-6-12)19(21)22;/h5-8,13,15H,1-4,9-11,17H2,(H,18,20);1H. The third-order valence-electron chi connectivity index (χ3n) is 4.30. The maximum Gasteiger partial charge on any atom is 0.269 e. The molecule has 128 valence electrons. The zero-order valence-electron chi connectivity index (χ0n) is 13.1. The highest BCUT2D eigenvalue weighted by atomic mass is 35.5. The first-order chi connectivity index (χ1) is 10.6. The van der Waals surface area contributed by atoms with Crippen LogP contribution in [0.15, 0.2) is 24.3 Å². The molecule has 0 aliphatic heterocycles. The highest BCUT2D eigenvalue weighted by Gasteiger charge is 2.23. The van der Waals surface area contributed by atoms with Gasteiger partial charge in [-0.25, -0.2) is 0 Å². The molecule has 1 fully saturated rings. The zero-order valence-corrected chi connectivity index (χ0v) is 13.9. The molecule has 0 heterocycles. The molecule has 7 heteroatoms. The van der Waals surface area contributed by atoms with Gasteiger partial charge in [-0.05, 0) is 30.7 Å². The molecule has 1 aliphatic carbocycles. The van der Waals surface area contributed by atoms with E-state index < -0.39 is 4.92 Å². The van der Waals surface area contributed by atoms with Crippen molar-refractivity contribution in [3.8, 4) is 0 Å². The average molecular weight is 342 g/mol. The van der Waals surface area contributed by atoms with Gasteiger partial charge in [-0.3, -0.25) is 14.9 Å². The van der Waals surface area contributed by atoms with Crippen molar-refractivity contribution >= 4 is 24.0 Å². The van der Waals surface area contributed by atoms with E-state index in [0.29, 0.717) is 25.3 Å². The minimum absolute atomic E-state index is 0. The summed E-state index contributed by atoms with van der Waals surface area (Å²) < 4.78 is 0. The Kier molecular flexibility index (Phi) is 7.98. The van der Waals surface area contributed by atoms with E-state index in [1.165, 1.54) is 18.6 Å². The lowest BCUT2D eigenvalue weighted by Gasteiger charge is -2.27. The molecule has 1 aromatic rings. The number of nitrogens with one attached hydrogen (secondary N) is 1. The van der Waals surface area contributed by atoms with Gasteiger partial charge in [0.1, 0.15) is 0 Å². The number of rotatable bonds is 6. The highest BCUT2D eigenvalue weighted by molar-refractivity contribution is 5.85. The van der Waals surface area contributed by atoms with Crippen molar-refractivity contribution in [1.29, 1.82) is 0 Å². The normalized spacial score (nSPS) is 20.4. The molecule has 2 atom stereocenters. The van der Waals surface area contributed by atoms with Crippen LogP contribution in [0, 0.1) is 16.0 Å². The smallest absolute Gasteiger partial charge is 0.269 e. The summed E-state index contributed by atoms with van der Waals surface area (Å²) in [5.74, 6) is 0.345. The van der Waals surface area contributed by atoms with E-state index in [9.17, 15) is 14.9 Å². The number of carbonyl (C=O) groups excluding carboxylic acids is 1. The van der Waals surface area contributed by atoms with E-state index in [2.05, 4.69) is 5.32 Å². The van der Waals surface area contributed by atoms with Crippen molar-refractivity contribution in [2.45, 2.75) is 44.6 Å². The number of amides is 1. The summed E-state index contributed by atoms with van der Waals surface area (Å²) in [6.45, 7) is 0.540. The fourth-order valence-corrected chi connectivity index (χ4v) is 2.93. The van der Waals surface area contributed by atoms with E-state index in [1.807, 2.05) is 0 Å². The van der Waals surface area contributed by atoms with Crippen molar-refractivity contribution in [1.82, 2.24) is 5.32 Å². The van der Waals surface area contributed by atoms with Gasteiger partial charge >= 0.3 is 0 Å². The number of carbonyl (C=O) groups is 1. The number of nitro benzene ring substituents is 1. The van der Waals surface area contributed by atoms with Crippen LogP contribution in [0.2, 0.25) is 0 Å². The quantitative estimate of drug-likeness (QED) is 0.613. The number of nitrogens with zero attached hydrogens (tertiary/aromatic N) is 1. The molecule has 0 radical (unpaired) electrons. The van der Waals surface area contributed by atoms with Crippen LogP contribution in [0.25, 0.3) is 0 Å². The van der Waals surface area contributed by atoms with E-state index in [4.69, 9.17) is 5.73 Å². The fraction of sp³-hybridized carbons (Fsp3) is 0.562. The topological polar surface area (TPSA) is 98.3 Å². The summed E-state index contributed by atoms with van der Waals surface area (Å²) in [5.41, 5.74) is 7.11. The lowest BCUT2D eigenvalue weighted by molar-refractivity contribution is -0.384. The molecule has 0 bridgehead atoms. The van der Waals surface area contributed by atoms with Crippen molar-refractivity contribution in [2.24, 2.45) is 11.7 Å². The van der Waals surface area contributed by atoms with Crippen LogP contribution < -0.4 is 11.1 Å². The molecule has 2 unspecified atom stereocenters. The molecule has 0 saturated heterocycles. The molecular weight excluding hydrogens is 318 g/mol. The largest absolute Gasteiger partial charge is 0.356 e. The van der Waals surface area contributed by atoms with Gasteiger partial charge in [0.25, 0.3) is 5.69 Å². The molecule has 1 aliphatic rings. The summed E-state index contributed by atoms with van der Waals surface area (Å²) in [4.78, 5) is 22.1. The Balaban J connectivity index is 0.00000264. The Morgan fingerprint density at radius 1 is 1.26 bits per heavy atom. The molecule has 0 aromatic heterocycles. The van der Waals surface area contributed by atoms with E-state index in [1.54, 1.807) is 12.1 Å². The zero-order chi connectivity index (χ0) is 15.9. The number of halogens is 1. The third-order valence-corrected chi connectivity index (χ3v) is 4.30. The van der Waals surface area contributed by atoms with Gasteiger partial charge in [0.15, 0.2) is 0 Å². The van der Waals surface area contributed by atoms with Gasteiger partial charge in [0.2, 0.25) is 5.91 Å². The van der Waals surface area contributed by atoms with Gasteiger partial charge in [-0.1, -0.05) is 25.0 Å². The van der Waals surface area contributed by atoms with Crippen molar-refractivity contribution in [3.63, 3.8) is 0 Å². The Morgan fingerprint density at radius 3 is 2.52 bits per heavy atom. The fourth-order valence-electron chi connectivity index (χ4n) is 2.93. The number of benzene rings is 1. The van der Waals surface area contributed by atoms with Crippen LogP contribution in [0.4, 0.5) is 5.69 Å². The van der Waals surface area contributed by atoms with Gasteiger partial charge in [0, 0.05) is 31.1 Å². The molecule has 6 nitrogen and oxygen atoms in total. The predicted octanol–water partition coefficient (Wildman–Crippen LogP) is 2.58. The summed E-state index contributed by atoms with van der Waals surface area (Å²) in [5, 5.41) is 13.5. The average Bonchev–Trinajstić information content (AvgIpc) is 2.50. The van der Waals surface area contributed by atoms with Crippen LogP contribution in [-0.2, 0) is 11.2 Å². The molecule has 0 spiro atoms. The SMILES string of the molecule is Cl.NC1CCCCC1CC(=O)NCCc1ccc([N+](=O)[O-])cc1. The first-order valence-corrected chi connectivity index (χ1v) is 7.82. The number of hydrogen-bond acceptors (Lipinski definition) is 4. The number of nitro groups is 1. The summed E-state index contributed by atoms with van der Waals surface area (Å²) in [6, 6.07) is 6.56. The Hall–Kier alpha value is -1.66. The molecule has 1 saturated carbocycles. The molecule has 3 N–H and O–H groups in total. The second kappa shape index (κ2) is 9.47. The third kappa shape index (κ3) is 6.15. The lowest BCUT2D eigenvalue weighted by atomic mass is 9.83. The van der Waals surface area contributed by atoms with E-state index in [-0.39, 0.29) is 30.0 Å². The summed E-state index contributed by atoms with van der Waals surface area (Å²) in [6.07, 6.45) is 5.55. The van der Waals surface area contributed by atoms with Crippen LogP contribution in [0.1, 0.15) is 37.7 Å². The molecular formula is C16H24ClN3O3. The Morgan fingerprint density at radius 2 is 1.91 bits per heavy atom. The van der Waals surface area contributed by atoms with Crippen LogP contribution in [0.3, 0.4) is 0 Å². The summed E-state index contributed by atoms with van der Waals surface area (Å²) in [7, 11) is 0. The molecule has 23 heavy (non-hydrogen) atoms. The maximum atomic E-state index is 11.9. The second-order valence-electron chi connectivity index (χ2n) is 5.94. The molecule has 1 aromatic carbocycles. The van der Waals surface area contributed by atoms with Gasteiger partial charge in [-0.2, -0.15) is 0 Å². The molecule has 1 amide bonds. The number of nitrogens with two attached hydrogens (primary N) is 1. The van der Waals surface area contributed by atoms with Gasteiger partial charge in [0.05, 0.1) is 4.92 Å². The monoisotopic (exact) mass is 341 g/mol. The first-order valence-electron chi connectivity index (χ1n) is 7.82. The maximum absolute atomic E-state index is 11.9. The number of hydrogen-bond donors (Lipinski definition) is 2. The van der Waals surface area contributed by atoms with Crippen LogP contribution in [-0.4, -0.2) is 23.4 Å². The van der Waals surface area contributed by atoms with E-state index >= 15 is 0 Å². The number of non-ortho nitro benzene ring substituents is 1. The summed E-state index contributed by atoms with van der Waals surface area (Å²) >= 11 is 0. The van der Waals surface area contributed by atoms with Gasteiger partial charge < -0.3 is 11.1 Å². The molecule has 2 rings (SSSR count). The van der Waals surface area contributed by atoms with Crippen LogP contribution in [0.5, 0.6) is 0 Å². The highest BCUT2D eigenvalue weighted by Crippen LogP contribution is 2.25. The van der Waals surface area contributed by atoms with E-state index in [0.717, 1.165) is 24.8 Å². The second-order valence-corrected chi connectivity index (χ2v) is 5.94.